The molecule has 0 aromatic rings. The van der Waals surface area contributed by atoms with Gasteiger partial charge in [0.1, 0.15) is 0 Å². The van der Waals surface area contributed by atoms with Crippen LogP contribution < -0.4 is 5.73 Å². The molecule has 0 aromatic carbocycles. The SMILES string of the molecule is CCCC(CN)(CCC)N(CCCOC)CCOC. The van der Waals surface area contributed by atoms with Crippen LogP contribution in [-0.2, 0) is 9.47 Å². The van der Waals surface area contributed by atoms with Gasteiger partial charge in [-0.15, -0.1) is 0 Å². The van der Waals surface area contributed by atoms with Crippen LogP contribution in [0.2, 0.25) is 0 Å². The largest absolute Gasteiger partial charge is 0.385 e. The zero-order chi connectivity index (χ0) is 14.6. The van der Waals surface area contributed by atoms with Crippen molar-refractivity contribution in [2.45, 2.75) is 51.5 Å². The molecule has 0 aliphatic heterocycles. The normalized spacial score (nSPS) is 12.3. The maximum atomic E-state index is 6.14. The molecule has 0 heterocycles. The minimum atomic E-state index is 0.135. The van der Waals surface area contributed by atoms with Crippen LogP contribution in [0.1, 0.15) is 46.0 Å². The van der Waals surface area contributed by atoms with E-state index in [0.717, 1.165) is 52.1 Å². The lowest BCUT2D eigenvalue weighted by molar-refractivity contribution is 0.0387. The molecule has 4 heteroatoms. The number of methoxy groups -OCH3 is 2. The number of nitrogens with zero attached hydrogens (tertiary/aromatic N) is 1. The van der Waals surface area contributed by atoms with Crippen LogP contribution in [-0.4, -0.2) is 57.5 Å². The quantitative estimate of drug-likeness (QED) is 0.523. The van der Waals surface area contributed by atoms with E-state index in [0.29, 0.717) is 0 Å². The zero-order valence-corrected chi connectivity index (χ0v) is 13.4. The lowest BCUT2D eigenvalue weighted by atomic mass is 9.86. The second-order valence-electron chi connectivity index (χ2n) is 5.25. The van der Waals surface area contributed by atoms with Gasteiger partial charge in [0.25, 0.3) is 0 Å². The van der Waals surface area contributed by atoms with Crippen LogP contribution >= 0.6 is 0 Å². The summed E-state index contributed by atoms with van der Waals surface area (Å²) in [7, 11) is 3.52. The van der Waals surface area contributed by atoms with Gasteiger partial charge in [0.05, 0.1) is 6.61 Å². The minimum Gasteiger partial charge on any atom is -0.385 e. The van der Waals surface area contributed by atoms with E-state index in [2.05, 4.69) is 18.7 Å². The molecule has 0 spiro atoms. The lowest BCUT2D eigenvalue weighted by Crippen LogP contribution is -2.55. The number of ether oxygens (including phenoxy) is 2. The summed E-state index contributed by atoms with van der Waals surface area (Å²) in [5.41, 5.74) is 6.28. The predicted molar refractivity (Wildman–Crippen MR) is 81.5 cm³/mol. The van der Waals surface area contributed by atoms with E-state index in [-0.39, 0.29) is 5.54 Å². The number of hydrogen-bond donors (Lipinski definition) is 1. The van der Waals surface area contributed by atoms with E-state index >= 15 is 0 Å². The third-order valence-corrected chi connectivity index (χ3v) is 3.82. The van der Waals surface area contributed by atoms with Gasteiger partial charge in [-0.25, -0.2) is 0 Å². The summed E-state index contributed by atoms with van der Waals surface area (Å²) >= 11 is 0. The molecular formula is C15H34N2O2. The first-order valence-corrected chi connectivity index (χ1v) is 7.63. The summed E-state index contributed by atoms with van der Waals surface area (Å²) < 4.78 is 10.4. The second-order valence-corrected chi connectivity index (χ2v) is 5.25. The maximum absolute atomic E-state index is 6.14. The molecule has 0 aromatic heterocycles. The first-order valence-electron chi connectivity index (χ1n) is 7.63. The number of rotatable bonds is 13. The predicted octanol–water partition coefficient (Wildman–Crippen LogP) is 2.27. The highest BCUT2D eigenvalue weighted by Gasteiger charge is 2.33. The van der Waals surface area contributed by atoms with Crippen molar-refractivity contribution in [1.29, 1.82) is 0 Å². The second kappa shape index (κ2) is 11.6. The molecule has 4 nitrogen and oxygen atoms in total. The minimum absolute atomic E-state index is 0.135. The standard InChI is InChI=1S/C15H34N2O2/c1-5-8-15(14-16,9-6-2)17(11-13-19-4)10-7-12-18-3/h5-14,16H2,1-4H3. The van der Waals surface area contributed by atoms with Gasteiger partial charge >= 0.3 is 0 Å². The molecule has 0 saturated carbocycles. The molecule has 0 atom stereocenters. The van der Waals surface area contributed by atoms with Gasteiger partial charge in [-0.3, -0.25) is 4.90 Å². The molecule has 0 unspecified atom stereocenters. The highest BCUT2D eigenvalue weighted by molar-refractivity contribution is 4.91. The monoisotopic (exact) mass is 274 g/mol. The third kappa shape index (κ3) is 6.70. The van der Waals surface area contributed by atoms with Gasteiger partial charge in [-0.05, 0) is 19.3 Å². The fraction of sp³-hybridized carbons (Fsp3) is 1.00. The first kappa shape index (κ1) is 18.8. The topological polar surface area (TPSA) is 47.7 Å². The van der Waals surface area contributed by atoms with Crippen LogP contribution in [0.4, 0.5) is 0 Å². The fourth-order valence-corrected chi connectivity index (χ4v) is 2.89. The Balaban J connectivity index is 4.75. The van der Waals surface area contributed by atoms with Crippen LogP contribution in [0.15, 0.2) is 0 Å². The van der Waals surface area contributed by atoms with Gasteiger partial charge in [0, 0.05) is 46.0 Å². The maximum Gasteiger partial charge on any atom is 0.0589 e. The average molecular weight is 274 g/mol. The van der Waals surface area contributed by atoms with Gasteiger partial charge in [0.2, 0.25) is 0 Å². The molecule has 0 aliphatic rings. The summed E-state index contributed by atoms with van der Waals surface area (Å²) in [5.74, 6) is 0. The smallest absolute Gasteiger partial charge is 0.0589 e. The van der Waals surface area contributed by atoms with Crippen molar-refractivity contribution in [3.63, 3.8) is 0 Å². The van der Waals surface area contributed by atoms with Crippen molar-refractivity contribution in [2.75, 3.05) is 47.1 Å². The van der Waals surface area contributed by atoms with E-state index < -0.39 is 0 Å². The van der Waals surface area contributed by atoms with Crippen molar-refractivity contribution in [2.24, 2.45) is 5.73 Å². The van der Waals surface area contributed by atoms with Gasteiger partial charge in [-0.1, -0.05) is 26.7 Å². The van der Waals surface area contributed by atoms with Gasteiger partial charge in [0.15, 0.2) is 0 Å². The molecule has 0 saturated heterocycles. The molecule has 19 heavy (non-hydrogen) atoms. The first-order chi connectivity index (χ1) is 9.20. The Labute approximate surface area is 119 Å². The lowest BCUT2D eigenvalue weighted by Gasteiger charge is -2.44. The average Bonchev–Trinajstić information content (AvgIpc) is 2.42. The zero-order valence-electron chi connectivity index (χ0n) is 13.4. The van der Waals surface area contributed by atoms with E-state index in [9.17, 15) is 0 Å². The van der Waals surface area contributed by atoms with Crippen LogP contribution in [0.3, 0.4) is 0 Å². The Morgan fingerprint density at radius 2 is 1.53 bits per heavy atom. The van der Waals surface area contributed by atoms with Crippen molar-refractivity contribution >= 4 is 0 Å². The van der Waals surface area contributed by atoms with Crippen molar-refractivity contribution in [1.82, 2.24) is 4.90 Å². The Hall–Kier alpha value is -0.160. The van der Waals surface area contributed by atoms with Gasteiger partial charge < -0.3 is 15.2 Å². The molecule has 0 bridgehead atoms. The van der Waals surface area contributed by atoms with Gasteiger partial charge in [-0.2, -0.15) is 0 Å². The molecule has 116 valence electrons. The molecule has 0 amide bonds. The number of hydrogen-bond acceptors (Lipinski definition) is 4. The summed E-state index contributed by atoms with van der Waals surface area (Å²) in [4.78, 5) is 2.53. The Bertz CT molecular complexity index is 195. The fourth-order valence-electron chi connectivity index (χ4n) is 2.89. The molecule has 0 fully saturated rings. The third-order valence-electron chi connectivity index (χ3n) is 3.82. The molecule has 0 radical (unpaired) electrons. The van der Waals surface area contributed by atoms with Crippen LogP contribution in [0, 0.1) is 0 Å². The Kier molecular flexibility index (Phi) is 11.6. The Morgan fingerprint density at radius 1 is 0.947 bits per heavy atom. The van der Waals surface area contributed by atoms with Crippen molar-refractivity contribution < 1.29 is 9.47 Å². The van der Waals surface area contributed by atoms with Crippen molar-refractivity contribution in [3.8, 4) is 0 Å². The van der Waals surface area contributed by atoms with Crippen LogP contribution in [0.5, 0.6) is 0 Å². The van der Waals surface area contributed by atoms with E-state index in [1.807, 2.05) is 0 Å². The highest BCUT2D eigenvalue weighted by atomic mass is 16.5. The summed E-state index contributed by atoms with van der Waals surface area (Å²) in [6, 6.07) is 0. The molecule has 2 N–H and O–H groups in total. The molecule has 0 rings (SSSR count). The van der Waals surface area contributed by atoms with E-state index in [1.54, 1.807) is 14.2 Å². The summed E-state index contributed by atoms with van der Waals surface area (Å²) in [6.07, 6.45) is 5.72. The van der Waals surface area contributed by atoms with E-state index in [4.69, 9.17) is 15.2 Å². The summed E-state index contributed by atoms with van der Waals surface area (Å²) in [6.45, 7) is 8.77. The summed E-state index contributed by atoms with van der Waals surface area (Å²) in [5, 5.41) is 0. The Morgan fingerprint density at radius 3 is 1.95 bits per heavy atom. The number of nitrogens with two attached hydrogens (primary N) is 1. The van der Waals surface area contributed by atoms with Crippen molar-refractivity contribution in [3.05, 3.63) is 0 Å². The highest BCUT2D eigenvalue weighted by Crippen LogP contribution is 2.26. The van der Waals surface area contributed by atoms with E-state index in [1.165, 1.54) is 12.8 Å². The van der Waals surface area contributed by atoms with Crippen LogP contribution in [0.25, 0.3) is 0 Å². The molecular weight excluding hydrogens is 240 g/mol. The molecule has 0 aliphatic carbocycles.